The first kappa shape index (κ1) is 20.8. The van der Waals surface area contributed by atoms with Crippen LogP contribution < -0.4 is 14.8 Å². The van der Waals surface area contributed by atoms with Crippen molar-refractivity contribution in [3.8, 4) is 5.75 Å². The van der Waals surface area contributed by atoms with Crippen molar-refractivity contribution in [3.05, 3.63) is 82.6 Å². The van der Waals surface area contributed by atoms with Crippen LogP contribution in [0.1, 0.15) is 16.1 Å². The predicted octanol–water partition coefficient (Wildman–Crippen LogP) is 3.58. The van der Waals surface area contributed by atoms with Gasteiger partial charge in [-0.25, -0.2) is 8.42 Å². The maximum absolute atomic E-state index is 12.7. The van der Waals surface area contributed by atoms with E-state index in [4.69, 9.17) is 4.74 Å². The average molecular weight is 476 g/mol. The van der Waals surface area contributed by atoms with Crippen LogP contribution in [0.4, 0.5) is 5.69 Å². The molecular weight excluding hydrogens is 458 g/mol. The Hall–Kier alpha value is -2.91. The Balaban J connectivity index is 1.75. The molecule has 29 heavy (non-hydrogen) atoms. The lowest BCUT2D eigenvalue weighted by Crippen LogP contribution is -2.23. The Morgan fingerprint density at radius 1 is 1.10 bits per heavy atom. The van der Waals surface area contributed by atoms with Gasteiger partial charge in [-0.15, -0.1) is 0 Å². The van der Waals surface area contributed by atoms with Crippen LogP contribution in [0.2, 0.25) is 0 Å². The molecule has 3 aromatic rings. The van der Waals surface area contributed by atoms with Gasteiger partial charge in [0.05, 0.1) is 34.4 Å². The van der Waals surface area contributed by atoms with Crippen molar-refractivity contribution in [2.45, 2.75) is 11.4 Å². The number of rotatable bonds is 7. The normalized spacial score (nSPS) is 11.0. The van der Waals surface area contributed by atoms with Gasteiger partial charge in [0.1, 0.15) is 5.75 Å². The third-order valence-electron chi connectivity index (χ3n) is 3.97. The van der Waals surface area contributed by atoms with Crippen LogP contribution in [0.15, 0.2) is 76.2 Å². The van der Waals surface area contributed by atoms with Crippen LogP contribution in [-0.4, -0.2) is 26.4 Å². The van der Waals surface area contributed by atoms with Crippen LogP contribution in [0, 0.1) is 0 Å². The van der Waals surface area contributed by atoms with E-state index in [0.29, 0.717) is 21.6 Å². The Labute approximate surface area is 177 Å². The van der Waals surface area contributed by atoms with E-state index in [0.717, 1.165) is 0 Å². The van der Waals surface area contributed by atoms with Crippen LogP contribution in [-0.2, 0) is 16.6 Å². The Morgan fingerprint density at radius 2 is 1.93 bits per heavy atom. The summed E-state index contributed by atoms with van der Waals surface area (Å²) in [7, 11) is -2.35. The Bertz CT molecular complexity index is 1120. The zero-order valence-electron chi connectivity index (χ0n) is 15.4. The number of sulfonamides is 1. The molecule has 1 amide bonds. The number of amides is 1. The van der Waals surface area contributed by atoms with Gasteiger partial charge in [-0.2, -0.15) is 0 Å². The predicted molar refractivity (Wildman–Crippen MR) is 113 cm³/mol. The summed E-state index contributed by atoms with van der Waals surface area (Å²) in [5, 5.41) is 2.73. The molecule has 7 nitrogen and oxygen atoms in total. The highest BCUT2D eigenvalue weighted by molar-refractivity contribution is 9.10. The van der Waals surface area contributed by atoms with Crippen molar-refractivity contribution in [2.24, 2.45) is 0 Å². The fraction of sp³-hybridized carbons (Fsp3) is 0.100. The lowest BCUT2D eigenvalue weighted by atomic mass is 10.2. The molecule has 0 aliphatic rings. The summed E-state index contributed by atoms with van der Waals surface area (Å²) in [5.41, 5.74) is 1.30. The third kappa shape index (κ3) is 5.33. The topological polar surface area (TPSA) is 97.4 Å². The minimum Gasteiger partial charge on any atom is -0.496 e. The molecule has 0 aliphatic heterocycles. The largest absolute Gasteiger partial charge is 0.496 e. The molecule has 3 rings (SSSR count). The Morgan fingerprint density at radius 3 is 2.62 bits per heavy atom. The third-order valence-corrected chi connectivity index (χ3v) is 5.97. The molecule has 1 aromatic heterocycles. The monoisotopic (exact) mass is 475 g/mol. The molecule has 2 aromatic carbocycles. The second kappa shape index (κ2) is 9.06. The van der Waals surface area contributed by atoms with Gasteiger partial charge in [0.25, 0.3) is 15.9 Å². The number of benzene rings is 2. The van der Waals surface area contributed by atoms with E-state index in [1.54, 1.807) is 42.6 Å². The van der Waals surface area contributed by atoms with E-state index in [-0.39, 0.29) is 22.9 Å². The van der Waals surface area contributed by atoms with E-state index in [9.17, 15) is 13.2 Å². The number of hydrogen-bond donors (Lipinski definition) is 2. The van der Waals surface area contributed by atoms with E-state index >= 15 is 0 Å². The molecule has 1 heterocycles. The number of ether oxygens (including phenoxy) is 1. The molecule has 0 aliphatic carbocycles. The second-order valence-electron chi connectivity index (χ2n) is 5.99. The van der Waals surface area contributed by atoms with Gasteiger partial charge in [-0.1, -0.05) is 12.1 Å². The number of methoxy groups -OCH3 is 1. The number of hydrogen-bond acceptors (Lipinski definition) is 5. The standard InChI is InChI=1S/C20H18BrN3O4S/c1-28-19-9-8-15(12-18(19)21)24-29(26,27)17-7-4-5-14(11-17)20(25)23-13-16-6-2-3-10-22-16/h2-12,24H,13H2,1H3,(H,23,25). The first-order valence-electron chi connectivity index (χ1n) is 8.53. The minimum atomic E-state index is -3.88. The van der Waals surface area contributed by atoms with Gasteiger partial charge >= 0.3 is 0 Å². The average Bonchev–Trinajstić information content (AvgIpc) is 2.73. The highest BCUT2D eigenvalue weighted by atomic mass is 79.9. The number of halogens is 1. The number of carbonyl (C=O) groups excluding carboxylic acids is 1. The summed E-state index contributed by atoms with van der Waals surface area (Å²) in [5.74, 6) is 0.194. The molecule has 9 heteroatoms. The summed E-state index contributed by atoms with van der Waals surface area (Å²) >= 11 is 3.32. The number of aromatic nitrogens is 1. The molecule has 150 valence electrons. The van der Waals surface area contributed by atoms with Gasteiger partial charge < -0.3 is 10.1 Å². The molecule has 0 spiro atoms. The number of pyridine rings is 1. The number of anilines is 1. The SMILES string of the molecule is COc1ccc(NS(=O)(=O)c2cccc(C(=O)NCc3ccccn3)c2)cc1Br. The molecule has 0 saturated carbocycles. The zero-order valence-corrected chi connectivity index (χ0v) is 17.8. The molecule has 0 saturated heterocycles. The maximum Gasteiger partial charge on any atom is 0.261 e. The highest BCUT2D eigenvalue weighted by Crippen LogP contribution is 2.29. The van der Waals surface area contributed by atoms with Crippen LogP contribution in [0.25, 0.3) is 0 Å². The lowest BCUT2D eigenvalue weighted by Gasteiger charge is -2.11. The molecule has 0 fully saturated rings. The summed E-state index contributed by atoms with van der Waals surface area (Å²) in [4.78, 5) is 16.5. The smallest absolute Gasteiger partial charge is 0.261 e. The molecule has 0 radical (unpaired) electrons. The fourth-order valence-electron chi connectivity index (χ4n) is 2.52. The van der Waals surface area contributed by atoms with Crippen molar-refractivity contribution in [1.29, 1.82) is 0 Å². The van der Waals surface area contributed by atoms with E-state index < -0.39 is 10.0 Å². The minimum absolute atomic E-state index is 0.0186. The van der Waals surface area contributed by atoms with Crippen molar-refractivity contribution >= 4 is 37.5 Å². The van der Waals surface area contributed by atoms with Gasteiger partial charge in [0.15, 0.2) is 0 Å². The number of carbonyl (C=O) groups is 1. The van der Waals surface area contributed by atoms with E-state index in [2.05, 4.69) is 31.0 Å². The second-order valence-corrected chi connectivity index (χ2v) is 8.52. The van der Waals surface area contributed by atoms with Crippen molar-refractivity contribution in [2.75, 3.05) is 11.8 Å². The molecule has 0 atom stereocenters. The fourth-order valence-corrected chi connectivity index (χ4v) is 4.16. The van der Waals surface area contributed by atoms with E-state index in [1.165, 1.54) is 25.3 Å². The van der Waals surface area contributed by atoms with Crippen LogP contribution in [0.3, 0.4) is 0 Å². The summed E-state index contributed by atoms with van der Waals surface area (Å²) in [6.07, 6.45) is 1.64. The van der Waals surface area contributed by atoms with Crippen molar-refractivity contribution < 1.29 is 17.9 Å². The first-order valence-corrected chi connectivity index (χ1v) is 10.8. The van der Waals surface area contributed by atoms with Gasteiger partial charge in [-0.3, -0.25) is 14.5 Å². The van der Waals surface area contributed by atoms with Crippen molar-refractivity contribution in [1.82, 2.24) is 10.3 Å². The van der Waals surface area contributed by atoms with E-state index in [1.807, 2.05) is 6.07 Å². The summed E-state index contributed by atoms with van der Waals surface area (Å²) in [6, 6.07) is 16.1. The lowest BCUT2D eigenvalue weighted by molar-refractivity contribution is 0.0950. The number of nitrogens with zero attached hydrogens (tertiary/aromatic N) is 1. The molecular formula is C20H18BrN3O4S. The van der Waals surface area contributed by atoms with Crippen LogP contribution in [0.5, 0.6) is 5.75 Å². The first-order chi connectivity index (χ1) is 13.9. The molecule has 2 N–H and O–H groups in total. The van der Waals surface area contributed by atoms with Crippen molar-refractivity contribution in [3.63, 3.8) is 0 Å². The summed E-state index contributed by atoms with van der Waals surface area (Å²) < 4.78 is 33.7. The highest BCUT2D eigenvalue weighted by Gasteiger charge is 2.17. The zero-order chi connectivity index (χ0) is 20.9. The molecule has 0 bridgehead atoms. The maximum atomic E-state index is 12.7. The van der Waals surface area contributed by atoms with Crippen LogP contribution >= 0.6 is 15.9 Å². The summed E-state index contributed by atoms with van der Waals surface area (Å²) in [6.45, 7) is 0.245. The van der Waals surface area contributed by atoms with Gasteiger partial charge in [0, 0.05) is 11.8 Å². The Kier molecular flexibility index (Phi) is 6.50. The number of nitrogens with one attached hydrogen (secondary N) is 2. The van der Waals surface area contributed by atoms with Gasteiger partial charge in [-0.05, 0) is 64.5 Å². The van der Waals surface area contributed by atoms with Gasteiger partial charge in [0.2, 0.25) is 0 Å². The quantitative estimate of drug-likeness (QED) is 0.544. The molecule has 0 unspecified atom stereocenters.